The van der Waals surface area contributed by atoms with Crippen molar-refractivity contribution < 1.29 is 19.1 Å². The number of esters is 1. The van der Waals surface area contributed by atoms with Crippen LogP contribution in [0.3, 0.4) is 0 Å². The lowest BCUT2D eigenvalue weighted by Gasteiger charge is -2.11. The van der Waals surface area contributed by atoms with E-state index in [-0.39, 0.29) is 12.5 Å². The van der Waals surface area contributed by atoms with Crippen LogP contribution in [0.15, 0.2) is 40.9 Å². The molecule has 0 spiro atoms. The van der Waals surface area contributed by atoms with E-state index in [2.05, 4.69) is 26.0 Å². The number of carbonyl (C=O) groups is 2. The van der Waals surface area contributed by atoms with Crippen LogP contribution in [-0.4, -0.2) is 25.6 Å². The first kappa shape index (κ1) is 18.3. The van der Waals surface area contributed by atoms with Crippen LogP contribution in [0.2, 0.25) is 5.02 Å². The van der Waals surface area contributed by atoms with Crippen molar-refractivity contribution in [1.29, 1.82) is 0 Å². The van der Waals surface area contributed by atoms with Crippen LogP contribution in [0.4, 0.5) is 5.69 Å². The SMILES string of the molecule is COC(=O)c1ccc(OCC(=O)Nc2cccc(Cl)c2C)c(Br)c1. The maximum atomic E-state index is 12.0. The maximum absolute atomic E-state index is 12.0. The highest BCUT2D eigenvalue weighted by molar-refractivity contribution is 9.10. The van der Waals surface area contributed by atoms with E-state index in [1.807, 2.05) is 6.92 Å². The molecule has 126 valence electrons. The average molecular weight is 413 g/mol. The molecule has 2 aromatic rings. The van der Waals surface area contributed by atoms with E-state index in [0.29, 0.717) is 26.5 Å². The number of hydrogen-bond donors (Lipinski definition) is 1. The molecule has 0 fully saturated rings. The molecule has 0 saturated heterocycles. The maximum Gasteiger partial charge on any atom is 0.337 e. The lowest BCUT2D eigenvalue weighted by molar-refractivity contribution is -0.118. The minimum Gasteiger partial charge on any atom is -0.483 e. The van der Waals surface area contributed by atoms with E-state index in [0.717, 1.165) is 5.56 Å². The smallest absolute Gasteiger partial charge is 0.337 e. The molecule has 5 nitrogen and oxygen atoms in total. The Morgan fingerprint density at radius 1 is 1.25 bits per heavy atom. The molecule has 0 heterocycles. The molecule has 0 aliphatic carbocycles. The van der Waals surface area contributed by atoms with Crippen molar-refractivity contribution in [2.45, 2.75) is 6.92 Å². The summed E-state index contributed by atoms with van der Waals surface area (Å²) in [4.78, 5) is 23.5. The zero-order chi connectivity index (χ0) is 17.7. The van der Waals surface area contributed by atoms with Gasteiger partial charge in [0, 0.05) is 10.7 Å². The molecule has 0 aromatic heterocycles. The van der Waals surface area contributed by atoms with E-state index < -0.39 is 5.97 Å². The molecule has 0 aliphatic heterocycles. The Morgan fingerprint density at radius 3 is 2.67 bits per heavy atom. The number of hydrogen-bond acceptors (Lipinski definition) is 4. The summed E-state index contributed by atoms with van der Waals surface area (Å²) in [7, 11) is 1.31. The van der Waals surface area contributed by atoms with Crippen LogP contribution in [0, 0.1) is 6.92 Å². The van der Waals surface area contributed by atoms with Crippen molar-refractivity contribution >= 4 is 45.1 Å². The molecule has 0 atom stereocenters. The third-order valence-corrected chi connectivity index (χ3v) is 4.28. The van der Waals surface area contributed by atoms with Crippen molar-refractivity contribution in [3.63, 3.8) is 0 Å². The zero-order valence-corrected chi connectivity index (χ0v) is 15.4. The summed E-state index contributed by atoms with van der Waals surface area (Å²) in [6.45, 7) is 1.64. The van der Waals surface area contributed by atoms with Gasteiger partial charge in [-0.05, 0) is 58.7 Å². The highest BCUT2D eigenvalue weighted by atomic mass is 79.9. The van der Waals surface area contributed by atoms with Gasteiger partial charge < -0.3 is 14.8 Å². The Bertz CT molecular complexity index is 779. The van der Waals surface area contributed by atoms with Crippen molar-refractivity contribution in [2.24, 2.45) is 0 Å². The molecule has 2 aromatic carbocycles. The molecule has 0 aliphatic rings. The largest absolute Gasteiger partial charge is 0.483 e. The van der Waals surface area contributed by atoms with Gasteiger partial charge in [-0.1, -0.05) is 17.7 Å². The Hall–Kier alpha value is -2.05. The number of halogens is 2. The summed E-state index contributed by atoms with van der Waals surface area (Å²) in [5, 5.41) is 3.32. The van der Waals surface area contributed by atoms with Gasteiger partial charge in [0.25, 0.3) is 5.91 Å². The van der Waals surface area contributed by atoms with Gasteiger partial charge in [0.15, 0.2) is 6.61 Å². The Labute approximate surface area is 153 Å². The van der Waals surface area contributed by atoms with Gasteiger partial charge in [0.1, 0.15) is 5.75 Å². The van der Waals surface area contributed by atoms with Gasteiger partial charge >= 0.3 is 5.97 Å². The van der Waals surface area contributed by atoms with Crippen LogP contribution in [0.1, 0.15) is 15.9 Å². The molecule has 0 radical (unpaired) electrons. The highest BCUT2D eigenvalue weighted by Gasteiger charge is 2.11. The molecule has 24 heavy (non-hydrogen) atoms. The second-order valence-electron chi connectivity index (χ2n) is 4.89. The van der Waals surface area contributed by atoms with Crippen molar-refractivity contribution in [3.05, 3.63) is 57.0 Å². The van der Waals surface area contributed by atoms with Crippen LogP contribution in [-0.2, 0) is 9.53 Å². The Morgan fingerprint density at radius 2 is 2.00 bits per heavy atom. The normalized spacial score (nSPS) is 10.2. The Kier molecular flexibility index (Phi) is 6.23. The molecule has 0 unspecified atom stereocenters. The minimum absolute atomic E-state index is 0.178. The Balaban J connectivity index is 1.99. The standard InChI is InChI=1S/C17H15BrClNO4/c1-10-13(19)4-3-5-14(10)20-16(21)9-24-15-7-6-11(8-12(15)18)17(22)23-2/h3-8H,9H2,1-2H3,(H,20,21). The fourth-order valence-electron chi connectivity index (χ4n) is 1.94. The first-order valence-corrected chi connectivity index (χ1v) is 8.15. The van der Waals surface area contributed by atoms with Crippen LogP contribution in [0.5, 0.6) is 5.75 Å². The zero-order valence-electron chi connectivity index (χ0n) is 13.1. The third kappa shape index (κ3) is 4.49. The molecular weight excluding hydrogens is 398 g/mol. The summed E-state index contributed by atoms with van der Waals surface area (Å²) in [6.07, 6.45) is 0. The lowest BCUT2D eigenvalue weighted by atomic mass is 10.2. The summed E-state index contributed by atoms with van der Waals surface area (Å²) in [5.74, 6) is -0.318. The number of carbonyl (C=O) groups excluding carboxylic acids is 2. The summed E-state index contributed by atoms with van der Waals surface area (Å²) in [6, 6.07) is 10.00. The van der Waals surface area contributed by atoms with Gasteiger partial charge in [-0.3, -0.25) is 4.79 Å². The molecule has 0 saturated carbocycles. The number of nitrogens with one attached hydrogen (secondary N) is 1. The van der Waals surface area contributed by atoms with Gasteiger partial charge in [-0.15, -0.1) is 0 Å². The van der Waals surface area contributed by atoms with Gasteiger partial charge in [0.05, 0.1) is 17.1 Å². The molecule has 0 bridgehead atoms. The van der Waals surface area contributed by atoms with Crippen molar-refractivity contribution in [1.82, 2.24) is 0 Å². The van der Waals surface area contributed by atoms with E-state index in [4.69, 9.17) is 16.3 Å². The second kappa shape index (κ2) is 8.17. The average Bonchev–Trinajstić information content (AvgIpc) is 2.57. The highest BCUT2D eigenvalue weighted by Crippen LogP contribution is 2.27. The van der Waals surface area contributed by atoms with Gasteiger partial charge in [-0.2, -0.15) is 0 Å². The quantitative estimate of drug-likeness (QED) is 0.747. The molecular formula is C17H15BrClNO4. The van der Waals surface area contributed by atoms with Crippen molar-refractivity contribution in [2.75, 3.05) is 19.0 Å². The van der Waals surface area contributed by atoms with E-state index >= 15 is 0 Å². The number of ether oxygens (including phenoxy) is 2. The molecule has 1 N–H and O–H groups in total. The minimum atomic E-state index is -0.448. The number of anilines is 1. The van der Waals surface area contributed by atoms with E-state index in [1.54, 1.807) is 36.4 Å². The summed E-state index contributed by atoms with van der Waals surface area (Å²) < 4.78 is 10.7. The van der Waals surface area contributed by atoms with Gasteiger partial charge in [0.2, 0.25) is 0 Å². The van der Waals surface area contributed by atoms with Crippen molar-refractivity contribution in [3.8, 4) is 5.75 Å². The van der Waals surface area contributed by atoms with Gasteiger partial charge in [-0.25, -0.2) is 4.79 Å². The van der Waals surface area contributed by atoms with E-state index in [1.165, 1.54) is 7.11 Å². The predicted octanol–water partition coefficient (Wildman–Crippen LogP) is 4.22. The second-order valence-corrected chi connectivity index (χ2v) is 6.15. The predicted molar refractivity (Wildman–Crippen MR) is 95.8 cm³/mol. The fraction of sp³-hybridized carbons (Fsp3) is 0.176. The number of methoxy groups -OCH3 is 1. The number of amides is 1. The summed E-state index contributed by atoms with van der Waals surface area (Å²) in [5.41, 5.74) is 1.81. The lowest BCUT2D eigenvalue weighted by Crippen LogP contribution is -2.20. The number of rotatable bonds is 5. The van der Waals surface area contributed by atoms with E-state index in [9.17, 15) is 9.59 Å². The van der Waals surface area contributed by atoms with Crippen LogP contribution in [0.25, 0.3) is 0 Å². The van der Waals surface area contributed by atoms with Crippen LogP contribution < -0.4 is 10.1 Å². The first-order valence-electron chi connectivity index (χ1n) is 6.98. The topological polar surface area (TPSA) is 64.6 Å². The summed E-state index contributed by atoms with van der Waals surface area (Å²) >= 11 is 9.32. The molecule has 2 rings (SSSR count). The first-order chi connectivity index (χ1) is 11.4. The monoisotopic (exact) mass is 411 g/mol. The van der Waals surface area contributed by atoms with Crippen LogP contribution >= 0.6 is 27.5 Å². The molecule has 1 amide bonds. The molecule has 7 heteroatoms. The fourth-order valence-corrected chi connectivity index (χ4v) is 2.60. The number of benzene rings is 2. The third-order valence-electron chi connectivity index (χ3n) is 3.25.